The van der Waals surface area contributed by atoms with Gasteiger partial charge in [0, 0.05) is 24.4 Å². The molecule has 0 amide bonds. The van der Waals surface area contributed by atoms with E-state index in [1.165, 1.54) is 0 Å². The number of nitrogens with zero attached hydrogens (tertiary/aromatic N) is 3. The second-order valence-electron chi connectivity index (χ2n) is 3.29. The molecule has 1 unspecified atom stereocenters. The van der Waals surface area contributed by atoms with Gasteiger partial charge in [0.05, 0.1) is 18.4 Å². The van der Waals surface area contributed by atoms with Gasteiger partial charge in [0.2, 0.25) is 0 Å². The van der Waals surface area contributed by atoms with Gasteiger partial charge in [-0.2, -0.15) is 10.2 Å². The lowest BCUT2D eigenvalue weighted by Crippen LogP contribution is -2.28. The van der Waals surface area contributed by atoms with E-state index in [1.54, 1.807) is 17.1 Å². The van der Waals surface area contributed by atoms with Gasteiger partial charge in [0.25, 0.3) is 0 Å². The van der Waals surface area contributed by atoms with Crippen LogP contribution >= 0.6 is 0 Å². The third-order valence-corrected chi connectivity index (χ3v) is 2.24. The van der Waals surface area contributed by atoms with E-state index in [0.29, 0.717) is 5.82 Å². The van der Waals surface area contributed by atoms with E-state index < -0.39 is 0 Å². The molecule has 6 N–H and O–H groups in total. The quantitative estimate of drug-likeness (QED) is 0.392. The monoisotopic (exact) mass is 207 g/mol. The van der Waals surface area contributed by atoms with Crippen LogP contribution in [0.15, 0.2) is 18.6 Å². The zero-order valence-corrected chi connectivity index (χ0v) is 8.31. The fourth-order valence-electron chi connectivity index (χ4n) is 1.49. The van der Waals surface area contributed by atoms with Crippen molar-refractivity contribution in [2.24, 2.45) is 12.9 Å². The number of hydrogen-bond acceptors (Lipinski definition) is 5. The number of aromatic nitrogens is 4. The Labute approximate surface area is 86.4 Å². The highest BCUT2D eigenvalue weighted by Gasteiger charge is 2.17. The van der Waals surface area contributed by atoms with Crippen molar-refractivity contribution >= 4 is 5.82 Å². The molecule has 1 atom stereocenters. The van der Waals surface area contributed by atoms with Gasteiger partial charge in [-0.25, -0.2) is 5.43 Å². The normalized spacial score (nSPS) is 12.9. The summed E-state index contributed by atoms with van der Waals surface area (Å²) >= 11 is 0. The van der Waals surface area contributed by atoms with Crippen molar-refractivity contribution in [1.82, 2.24) is 25.4 Å². The first-order chi connectivity index (χ1) is 7.22. The molecule has 0 fully saturated rings. The maximum atomic E-state index is 5.72. The highest BCUT2D eigenvalue weighted by molar-refractivity contribution is 5.43. The van der Waals surface area contributed by atoms with Crippen LogP contribution < -0.4 is 17.0 Å². The topological polar surface area (TPSA) is 111 Å². The summed E-state index contributed by atoms with van der Waals surface area (Å²) in [5.41, 5.74) is 10.2. The minimum atomic E-state index is -0.197. The SMILES string of the molecule is Cn1cc(C(NN)c2cn[nH]c2N)cn1. The number of nitrogens with one attached hydrogen (secondary N) is 2. The minimum absolute atomic E-state index is 0.197. The van der Waals surface area contributed by atoms with Gasteiger partial charge < -0.3 is 5.73 Å². The van der Waals surface area contributed by atoms with Crippen molar-refractivity contribution in [3.8, 4) is 0 Å². The van der Waals surface area contributed by atoms with Gasteiger partial charge in [0.15, 0.2) is 0 Å². The largest absolute Gasteiger partial charge is 0.384 e. The fraction of sp³-hybridized carbons (Fsp3) is 0.250. The zero-order chi connectivity index (χ0) is 10.8. The Balaban J connectivity index is 2.36. The lowest BCUT2D eigenvalue weighted by Gasteiger charge is -2.12. The van der Waals surface area contributed by atoms with E-state index in [1.807, 2.05) is 13.2 Å². The second-order valence-corrected chi connectivity index (χ2v) is 3.29. The number of rotatable bonds is 3. The highest BCUT2D eigenvalue weighted by Crippen LogP contribution is 2.23. The molecule has 0 spiro atoms. The Morgan fingerprint density at radius 1 is 1.53 bits per heavy atom. The Hall–Kier alpha value is -1.86. The number of H-pyrrole nitrogens is 1. The van der Waals surface area contributed by atoms with E-state index >= 15 is 0 Å². The molecule has 7 heteroatoms. The second kappa shape index (κ2) is 3.71. The van der Waals surface area contributed by atoms with Gasteiger partial charge in [-0.3, -0.25) is 15.6 Å². The molecule has 0 saturated heterocycles. The molecule has 0 aliphatic rings. The maximum Gasteiger partial charge on any atom is 0.124 e. The molecule has 0 aromatic carbocycles. The van der Waals surface area contributed by atoms with Crippen LogP contribution in [0.1, 0.15) is 17.2 Å². The number of hydrogen-bond donors (Lipinski definition) is 4. The van der Waals surface area contributed by atoms with E-state index in [9.17, 15) is 0 Å². The van der Waals surface area contributed by atoms with Crippen molar-refractivity contribution in [2.45, 2.75) is 6.04 Å². The Kier molecular flexibility index (Phi) is 2.40. The lowest BCUT2D eigenvalue weighted by molar-refractivity contribution is 0.637. The van der Waals surface area contributed by atoms with Crippen molar-refractivity contribution in [3.05, 3.63) is 29.7 Å². The summed E-state index contributed by atoms with van der Waals surface area (Å²) in [5, 5.41) is 10.6. The fourth-order valence-corrected chi connectivity index (χ4v) is 1.49. The van der Waals surface area contributed by atoms with Crippen LogP contribution in [0.25, 0.3) is 0 Å². The lowest BCUT2D eigenvalue weighted by atomic mass is 10.1. The molecule has 2 heterocycles. The predicted octanol–water partition coefficient (Wildman–Crippen LogP) is -0.722. The van der Waals surface area contributed by atoms with E-state index in [2.05, 4.69) is 20.7 Å². The summed E-state index contributed by atoms with van der Waals surface area (Å²) in [6, 6.07) is -0.197. The summed E-state index contributed by atoms with van der Waals surface area (Å²) in [4.78, 5) is 0. The van der Waals surface area contributed by atoms with Crippen LogP contribution in [-0.4, -0.2) is 20.0 Å². The zero-order valence-electron chi connectivity index (χ0n) is 8.31. The van der Waals surface area contributed by atoms with Crippen LogP contribution in [0.4, 0.5) is 5.82 Å². The van der Waals surface area contributed by atoms with Crippen molar-refractivity contribution in [1.29, 1.82) is 0 Å². The molecular weight excluding hydrogens is 194 g/mol. The van der Waals surface area contributed by atoms with Gasteiger partial charge in [-0.15, -0.1) is 0 Å². The van der Waals surface area contributed by atoms with Crippen molar-refractivity contribution in [3.63, 3.8) is 0 Å². The molecule has 7 nitrogen and oxygen atoms in total. The van der Waals surface area contributed by atoms with Crippen LogP contribution in [0.3, 0.4) is 0 Å². The van der Waals surface area contributed by atoms with Crippen LogP contribution in [0.2, 0.25) is 0 Å². The molecule has 2 aromatic rings. The minimum Gasteiger partial charge on any atom is -0.384 e. The first-order valence-electron chi connectivity index (χ1n) is 4.45. The molecule has 2 rings (SSSR count). The summed E-state index contributed by atoms with van der Waals surface area (Å²) < 4.78 is 1.70. The third-order valence-electron chi connectivity index (χ3n) is 2.24. The van der Waals surface area contributed by atoms with E-state index in [0.717, 1.165) is 11.1 Å². The average Bonchev–Trinajstić information content (AvgIpc) is 2.79. The number of aryl methyl sites for hydroxylation is 1. The Morgan fingerprint density at radius 2 is 2.33 bits per heavy atom. The van der Waals surface area contributed by atoms with E-state index in [4.69, 9.17) is 11.6 Å². The number of nitrogens with two attached hydrogens (primary N) is 2. The molecule has 0 radical (unpaired) electrons. The molecule has 0 aliphatic carbocycles. The van der Waals surface area contributed by atoms with Crippen LogP contribution in [-0.2, 0) is 7.05 Å². The summed E-state index contributed by atoms with van der Waals surface area (Å²) in [5.74, 6) is 5.99. The summed E-state index contributed by atoms with van der Waals surface area (Å²) in [6.45, 7) is 0. The number of aromatic amines is 1. The van der Waals surface area contributed by atoms with Gasteiger partial charge in [0.1, 0.15) is 5.82 Å². The highest BCUT2D eigenvalue weighted by atomic mass is 15.3. The Bertz CT molecular complexity index is 443. The van der Waals surface area contributed by atoms with Gasteiger partial charge in [-0.05, 0) is 0 Å². The molecule has 15 heavy (non-hydrogen) atoms. The number of anilines is 1. The molecular formula is C8H13N7. The standard InChI is InChI=1S/C8H13N7/c1-15-4-5(2-12-15)7(13-10)6-3-11-14-8(6)9/h2-4,7,13H,10H2,1H3,(H3,9,11,14). The molecule has 0 saturated carbocycles. The maximum absolute atomic E-state index is 5.72. The number of nitrogen functional groups attached to an aromatic ring is 1. The summed E-state index contributed by atoms with van der Waals surface area (Å²) in [6.07, 6.45) is 5.25. The van der Waals surface area contributed by atoms with Crippen molar-refractivity contribution < 1.29 is 0 Å². The third kappa shape index (κ3) is 1.69. The first kappa shape index (κ1) is 9.69. The molecule has 0 bridgehead atoms. The van der Waals surface area contributed by atoms with Gasteiger partial charge in [-0.1, -0.05) is 0 Å². The molecule has 2 aromatic heterocycles. The van der Waals surface area contributed by atoms with Crippen LogP contribution in [0, 0.1) is 0 Å². The smallest absolute Gasteiger partial charge is 0.124 e. The summed E-state index contributed by atoms with van der Waals surface area (Å²) in [7, 11) is 1.84. The van der Waals surface area contributed by atoms with Gasteiger partial charge >= 0.3 is 0 Å². The van der Waals surface area contributed by atoms with Crippen molar-refractivity contribution in [2.75, 3.05) is 5.73 Å². The first-order valence-corrected chi connectivity index (χ1v) is 4.45. The molecule has 0 aliphatic heterocycles. The van der Waals surface area contributed by atoms with E-state index in [-0.39, 0.29) is 6.04 Å². The predicted molar refractivity (Wildman–Crippen MR) is 55.4 cm³/mol. The average molecular weight is 207 g/mol. The number of hydrazine groups is 1. The Morgan fingerprint density at radius 3 is 2.80 bits per heavy atom. The van der Waals surface area contributed by atoms with Crippen LogP contribution in [0.5, 0.6) is 0 Å². The molecule has 80 valence electrons.